The molecule has 0 aromatic heterocycles. The molecule has 22 heavy (non-hydrogen) atoms. The molecule has 0 unspecified atom stereocenters. The summed E-state index contributed by atoms with van der Waals surface area (Å²) in [6, 6.07) is 17.4. The fraction of sp³-hybridized carbons (Fsp3) is 0.333. The van der Waals surface area contributed by atoms with Gasteiger partial charge in [0.25, 0.3) is 0 Å². The third-order valence-corrected chi connectivity index (χ3v) is 5.41. The molecule has 0 saturated carbocycles. The standard InChI is InChI=1S/C18H20N2OS/c1-3-7-17-15(5-1)20(10-9-19-11-13-21-14-12-19)16-6-2-4-8-18(16)22-17/h1-8H,9-14H2. The molecule has 1 saturated heterocycles. The zero-order valence-corrected chi connectivity index (χ0v) is 13.4. The number of hydrogen-bond acceptors (Lipinski definition) is 4. The first kappa shape index (κ1) is 14.1. The Bertz CT molecular complexity index is 610. The van der Waals surface area contributed by atoms with Crippen LogP contribution in [0.25, 0.3) is 0 Å². The normalized spacial score (nSPS) is 17.9. The highest BCUT2D eigenvalue weighted by Gasteiger charge is 2.23. The molecule has 2 aliphatic heterocycles. The minimum absolute atomic E-state index is 0.864. The number of ether oxygens (including phenoxy) is 1. The van der Waals surface area contributed by atoms with Crippen molar-refractivity contribution in [3.05, 3.63) is 48.5 Å². The first-order valence-corrected chi connectivity index (χ1v) is 8.67. The highest BCUT2D eigenvalue weighted by atomic mass is 32.2. The largest absolute Gasteiger partial charge is 0.379 e. The quantitative estimate of drug-likeness (QED) is 0.860. The van der Waals surface area contributed by atoms with E-state index in [9.17, 15) is 0 Å². The molecular weight excluding hydrogens is 292 g/mol. The Labute approximate surface area is 135 Å². The number of nitrogens with zero attached hydrogens (tertiary/aromatic N) is 2. The SMILES string of the molecule is c1ccc2c(c1)Sc1ccccc1N2CCN1CCOCC1. The molecule has 2 heterocycles. The van der Waals surface area contributed by atoms with Gasteiger partial charge in [-0.3, -0.25) is 4.90 Å². The summed E-state index contributed by atoms with van der Waals surface area (Å²) in [7, 11) is 0. The number of morpholine rings is 1. The van der Waals surface area contributed by atoms with Crippen molar-refractivity contribution < 1.29 is 4.74 Å². The van der Waals surface area contributed by atoms with Crippen molar-refractivity contribution in [1.82, 2.24) is 4.90 Å². The van der Waals surface area contributed by atoms with Gasteiger partial charge in [-0.15, -0.1) is 0 Å². The third kappa shape index (κ3) is 2.74. The van der Waals surface area contributed by atoms with Crippen molar-refractivity contribution in [2.75, 3.05) is 44.3 Å². The molecular formula is C18H20N2OS. The Balaban J connectivity index is 1.60. The molecule has 2 aromatic carbocycles. The van der Waals surface area contributed by atoms with Gasteiger partial charge in [0, 0.05) is 36.0 Å². The van der Waals surface area contributed by atoms with E-state index in [0.717, 1.165) is 39.4 Å². The van der Waals surface area contributed by atoms with Crippen LogP contribution in [0.2, 0.25) is 0 Å². The van der Waals surface area contributed by atoms with E-state index in [2.05, 4.69) is 58.3 Å². The van der Waals surface area contributed by atoms with Crippen LogP contribution in [-0.2, 0) is 4.74 Å². The Morgan fingerprint density at radius 2 is 1.41 bits per heavy atom. The smallest absolute Gasteiger partial charge is 0.0594 e. The second-order valence-electron chi connectivity index (χ2n) is 5.64. The van der Waals surface area contributed by atoms with Crippen LogP contribution in [-0.4, -0.2) is 44.3 Å². The van der Waals surface area contributed by atoms with Crippen LogP contribution in [0.3, 0.4) is 0 Å². The monoisotopic (exact) mass is 312 g/mol. The predicted octanol–water partition coefficient (Wildman–Crippen LogP) is 3.62. The molecule has 0 amide bonds. The zero-order valence-electron chi connectivity index (χ0n) is 12.6. The summed E-state index contributed by atoms with van der Waals surface area (Å²) in [5.41, 5.74) is 2.67. The molecule has 0 atom stereocenters. The molecule has 114 valence electrons. The number of benzene rings is 2. The third-order valence-electron chi connectivity index (χ3n) is 4.28. The van der Waals surface area contributed by atoms with Gasteiger partial charge < -0.3 is 9.64 Å². The minimum atomic E-state index is 0.864. The van der Waals surface area contributed by atoms with Gasteiger partial charge in [0.05, 0.1) is 24.6 Å². The second kappa shape index (κ2) is 6.32. The molecule has 4 heteroatoms. The van der Waals surface area contributed by atoms with E-state index >= 15 is 0 Å². The molecule has 0 spiro atoms. The fourth-order valence-corrected chi connectivity index (χ4v) is 4.18. The summed E-state index contributed by atoms with van der Waals surface area (Å²) >= 11 is 1.87. The van der Waals surface area contributed by atoms with Gasteiger partial charge in [0.15, 0.2) is 0 Å². The molecule has 0 N–H and O–H groups in total. The van der Waals surface area contributed by atoms with Crippen LogP contribution in [0.4, 0.5) is 11.4 Å². The van der Waals surface area contributed by atoms with Crippen LogP contribution in [0, 0.1) is 0 Å². The molecule has 0 aliphatic carbocycles. The summed E-state index contributed by atoms with van der Waals surface area (Å²) < 4.78 is 5.45. The van der Waals surface area contributed by atoms with Crippen LogP contribution < -0.4 is 4.90 Å². The minimum Gasteiger partial charge on any atom is -0.379 e. The van der Waals surface area contributed by atoms with E-state index in [1.807, 2.05) is 11.8 Å². The van der Waals surface area contributed by atoms with Crippen molar-refractivity contribution in [3.63, 3.8) is 0 Å². The zero-order chi connectivity index (χ0) is 14.8. The van der Waals surface area contributed by atoms with Crippen molar-refractivity contribution in [3.8, 4) is 0 Å². The number of anilines is 2. The topological polar surface area (TPSA) is 15.7 Å². The number of para-hydroxylation sites is 2. The molecule has 2 aromatic rings. The lowest BCUT2D eigenvalue weighted by atomic mass is 10.2. The average molecular weight is 312 g/mol. The van der Waals surface area contributed by atoms with E-state index < -0.39 is 0 Å². The lowest BCUT2D eigenvalue weighted by molar-refractivity contribution is 0.0394. The van der Waals surface area contributed by atoms with Gasteiger partial charge in [-0.1, -0.05) is 36.0 Å². The van der Waals surface area contributed by atoms with Gasteiger partial charge in [0.2, 0.25) is 0 Å². The summed E-state index contributed by atoms with van der Waals surface area (Å²) in [6.07, 6.45) is 0. The summed E-state index contributed by atoms with van der Waals surface area (Å²) in [4.78, 5) is 7.67. The highest BCUT2D eigenvalue weighted by Crippen LogP contribution is 2.47. The first-order chi connectivity index (χ1) is 10.9. The molecule has 2 aliphatic rings. The van der Waals surface area contributed by atoms with Crippen LogP contribution in [0.1, 0.15) is 0 Å². The van der Waals surface area contributed by atoms with E-state index in [-0.39, 0.29) is 0 Å². The van der Waals surface area contributed by atoms with E-state index in [0.29, 0.717) is 0 Å². The van der Waals surface area contributed by atoms with E-state index in [1.54, 1.807) is 0 Å². The van der Waals surface area contributed by atoms with Crippen LogP contribution in [0.5, 0.6) is 0 Å². The highest BCUT2D eigenvalue weighted by molar-refractivity contribution is 7.99. The predicted molar refractivity (Wildman–Crippen MR) is 91.3 cm³/mol. The average Bonchev–Trinajstić information content (AvgIpc) is 2.59. The molecule has 3 nitrogen and oxygen atoms in total. The van der Waals surface area contributed by atoms with Gasteiger partial charge >= 0.3 is 0 Å². The number of fused-ring (bicyclic) bond motifs is 2. The van der Waals surface area contributed by atoms with Crippen LogP contribution >= 0.6 is 11.8 Å². The van der Waals surface area contributed by atoms with Crippen molar-refractivity contribution in [1.29, 1.82) is 0 Å². The maximum Gasteiger partial charge on any atom is 0.0594 e. The number of rotatable bonds is 3. The van der Waals surface area contributed by atoms with Gasteiger partial charge in [-0.25, -0.2) is 0 Å². The first-order valence-electron chi connectivity index (χ1n) is 7.85. The van der Waals surface area contributed by atoms with Crippen molar-refractivity contribution in [2.45, 2.75) is 9.79 Å². The Hall–Kier alpha value is -1.49. The summed E-state index contributed by atoms with van der Waals surface area (Å²) in [5, 5.41) is 0. The van der Waals surface area contributed by atoms with Crippen LogP contribution in [0.15, 0.2) is 58.3 Å². The van der Waals surface area contributed by atoms with Crippen molar-refractivity contribution in [2.24, 2.45) is 0 Å². The fourth-order valence-electron chi connectivity index (χ4n) is 3.09. The number of hydrogen-bond donors (Lipinski definition) is 0. The lowest BCUT2D eigenvalue weighted by Gasteiger charge is -2.35. The second-order valence-corrected chi connectivity index (χ2v) is 6.73. The van der Waals surface area contributed by atoms with Crippen molar-refractivity contribution >= 4 is 23.1 Å². The maximum absolute atomic E-state index is 5.45. The van der Waals surface area contributed by atoms with E-state index in [1.165, 1.54) is 21.2 Å². The summed E-state index contributed by atoms with van der Waals surface area (Å²) in [5.74, 6) is 0. The molecule has 0 radical (unpaired) electrons. The molecule has 0 bridgehead atoms. The Morgan fingerprint density at radius 1 is 0.818 bits per heavy atom. The molecule has 1 fully saturated rings. The van der Waals surface area contributed by atoms with Gasteiger partial charge in [-0.05, 0) is 24.3 Å². The maximum atomic E-state index is 5.45. The van der Waals surface area contributed by atoms with Gasteiger partial charge in [-0.2, -0.15) is 0 Å². The molecule has 4 rings (SSSR count). The van der Waals surface area contributed by atoms with E-state index in [4.69, 9.17) is 4.74 Å². The lowest BCUT2D eigenvalue weighted by Crippen LogP contribution is -2.40. The summed E-state index contributed by atoms with van der Waals surface area (Å²) in [6.45, 7) is 5.93. The Morgan fingerprint density at radius 3 is 2.05 bits per heavy atom. The Kier molecular flexibility index (Phi) is 4.06. The van der Waals surface area contributed by atoms with Gasteiger partial charge in [0.1, 0.15) is 0 Å².